The Hall–Kier alpha value is -1.36. The van der Waals surface area contributed by atoms with Crippen LogP contribution in [0.25, 0.3) is 0 Å². The SMILES string of the molecule is Cc1ncc(Cl)c(N(C)CCC(=O)N(C)C)n1. The number of aryl methyl sites for hydroxylation is 1. The molecule has 0 radical (unpaired) electrons. The van der Waals surface area contributed by atoms with Crippen molar-refractivity contribution in [2.75, 3.05) is 32.6 Å². The highest BCUT2D eigenvalue weighted by atomic mass is 35.5. The number of nitrogens with zero attached hydrogens (tertiary/aromatic N) is 4. The second-order valence-electron chi connectivity index (χ2n) is 4.05. The highest BCUT2D eigenvalue weighted by Gasteiger charge is 2.11. The van der Waals surface area contributed by atoms with E-state index in [1.807, 2.05) is 11.9 Å². The van der Waals surface area contributed by atoms with Crippen LogP contribution in [-0.4, -0.2) is 48.5 Å². The minimum Gasteiger partial charge on any atom is -0.358 e. The van der Waals surface area contributed by atoms with Gasteiger partial charge in [0.1, 0.15) is 10.8 Å². The van der Waals surface area contributed by atoms with Crippen molar-refractivity contribution in [3.05, 3.63) is 17.0 Å². The number of hydrogen-bond acceptors (Lipinski definition) is 4. The van der Waals surface area contributed by atoms with Crippen molar-refractivity contribution in [3.8, 4) is 0 Å². The summed E-state index contributed by atoms with van der Waals surface area (Å²) in [5.74, 6) is 1.40. The molecular weight excluding hydrogens is 240 g/mol. The molecule has 0 N–H and O–H groups in total. The molecule has 0 unspecified atom stereocenters. The van der Waals surface area contributed by atoms with Crippen LogP contribution in [0.3, 0.4) is 0 Å². The van der Waals surface area contributed by atoms with E-state index in [4.69, 9.17) is 11.6 Å². The van der Waals surface area contributed by atoms with E-state index in [1.165, 1.54) is 0 Å². The van der Waals surface area contributed by atoms with Crippen LogP contribution in [0.15, 0.2) is 6.20 Å². The zero-order valence-electron chi connectivity index (χ0n) is 10.6. The van der Waals surface area contributed by atoms with Gasteiger partial charge in [-0.1, -0.05) is 11.6 Å². The van der Waals surface area contributed by atoms with Gasteiger partial charge in [0.2, 0.25) is 5.91 Å². The fourth-order valence-electron chi connectivity index (χ4n) is 1.30. The Kier molecular flexibility index (Phi) is 4.69. The highest BCUT2D eigenvalue weighted by molar-refractivity contribution is 6.32. The number of aromatic nitrogens is 2. The quantitative estimate of drug-likeness (QED) is 0.816. The molecule has 0 fully saturated rings. The van der Waals surface area contributed by atoms with Gasteiger partial charge in [0.15, 0.2) is 5.82 Å². The van der Waals surface area contributed by atoms with Crippen LogP contribution in [0.2, 0.25) is 5.02 Å². The standard InChI is InChI=1S/C11H17ClN4O/c1-8-13-7-9(12)11(14-8)16(4)6-5-10(17)15(2)3/h7H,5-6H2,1-4H3. The van der Waals surface area contributed by atoms with Crippen LogP contribution in [0.1, 0.15) is 12.2 Å². The fraction of sp³-hybridized carbons (Fsp3) is 0.545. The molecule has 0 aliphatic heterocycles. The Morgan fingerprint density at radius 1 is 1.41 bits per heavy atom. The van der Waals surface area contributed by atoms with Crippen LogP contribution in [0.4, 0.5) is 5.82 Å². The molecule has 1 rings (SSSR count). The first kappa shape index (κ1) is 13.7. The van der Waals surface area contributed by atoms with E-state index in [-0.39, 0.29) is 5.91 Å². The van der Waals surface area contributed by atoms with Gasteiger partial charge >= 0.3 is 0 Å². The first-order chi connectivity index (χ1) is 7.91. The molecule has 0 spiro atoms. The number of hydrogen-bond donors (Lipinski definition) is 0. The molecule has 5 nitrogen and oxygen atoms in total. The number of carbonyl (C=O) groups excluding carboxylic acids is 1. The predicted molar refractivity (Wildman–Crippen MR) is 68.4 cm³/mol. The molecule has 0 aromatic carbocycles. The molecule has 1 aromatic rings. The van der Waals surface area contributed by atoms with Gasteiger partial charge in [-0.2, -0.15) is 0 Å². The molecule has 0 saturated carbocycles. The Bertz CT molecular complexity index is 408. The Morgan fingerprint density at radius 2 is 2.06 bits per heavy atom. The Balaban J connectivity index is 2.67. The van der Waals surface area contributed by atoms with Gasteiger partial charge < -0.3 is 9.80 Å². The first-order valence-electron chi connectivity index (χ1n) is 5.32. The van der Waals surface area contributed by atoms with Crippen molar-refractivity contribution >= 4 is 23.3 Å². The van der Waals surface area contributed by atoms with Gasteiger partial charge in [-0.15, -0.1) is 0 Å². The lowest BCUT2D eigenvalue weighted by Crippen LogP contribution is -2.28. The largest absolute Gasteiger partial charge is 0.358 e. The van der Waals surface area contributed by atoms with Crippen molar-refractivity contribution in [2.45, 2.75) is 13.3 Å². The average Bonchev–Trinajstić information content (AvgIpc) is 2.28. The zero-order valence-corrected chi connectivity index (χ0v) is 11.3. The van der Waals surface area contributed by atoms with Crippen molar-refractivity contribution < 1.29 is 4.79 Å². The number of anilines is 1. The van der Waals surface area contributed by atoms with Crippen molar-refractivity contribution in [2.24, 2.45) is 0 Å². The summed E-state index contributed by atoms with van der Waals surface area (Å²) in [6.45, 7) is 2.38. The zero-order chi connectivity index (χ0) is 13.0. The molecule has 6 heteroatoms. The summed E-state index contributed by atoms with van der Waals surface area (Å²) in [6, 6.07) is 0. The van der Waals surface area contributed by atoms with Gasteiger partial charge in [0, 0.05) is 34.1 Å². The normalized spacial score (nSPS) is 10.2. The summed E-state index contributed by atoms with van der Waals surface area (Å²) in [4.78, 5) is 23.1. The third kappa shape index (κ3) is 3.85. The van der Waals surface area contributed by atoms with E-state index in [1.54, 1.807) is 32.1 Å². The van der Waals surface area contributed by atoms with Crippen molar-refractivity contribution in [1.82, 2.24) is 14.9 Å². The first-order valence-corrected chi connectivity index (χ1v) is 5.70. The van der Waals surface area contributed by atoms with E-state index in [2.05, 4.69) is 9.97 Å². The van der Waals surface area contributed by atoms with E-state index in [0.29, 0.717) is 29.6 Å². The fourth-order valence-corrected chi connectivity index (χ4v) is 1.54. The third-order valence-electron chi connectivity index (χ3n) is 2.37. The molecule has 94 valence electrons. The third-order valence-corrected chi connectivity index (χ3v) is 2.63. The number of carbonyl (C=O) groups is 1. The number of rotatable bonds is 4. The average molecular weight is 257 g/mol. The number of amides is 1. The van der Waals surface area contributed by atoms with Crippen molar-refractivity contribution in [3.63, 3.8) is 0 Å². The van der Waals surface area contributed by atoms with Crippen LogP contribution in [0, 0.1) is 6.92 Å². The molecular formula is C11H17ClN4O. The molecule has 0 bridgehead atoms. The molecule has 1 amide bonds. The van der Waals surface area contributed by atoms with E-state index < -0.39 is 0 Å². The van der Waals surface area contributed by atoms with E-state index >= 15 is 0 Å². The van der Waals surface area contributed by atoms with Gasteiger partial charge in [0.05, 0.1) is 6.20 Å². The summed E-state index contributed by atoms with van der Waals surface area (Å²) in [7, 11) is 5.34. The van der Waals surface area contributed by atoms with Gasteiger partial charge in [0.25, 0.3) is 0 Å². The van der Waals surface area contributed by atoms with Crippen LogP contribution >= 0.6 is 11.6 Å². The minimum atomic E-state index is 0.0822. The smallest absolute Gasteiger partial charge is 0.223 e. The van der Waals surface area contributed by atoms with Crippen molar-refractivity contribution in [1.29, 1.82) is 0 Å². The monoisotopic (exact) mass is 256 g/mol. The highest BCUT2D eigenvalue weighted by Crippen LogP contribution is 2.21. The molecule has 0 aliphatic rings. The van der Waals surface area contributed by atoms with Crippen LogP contribution < -0.4 is 4.90 Å². The molecule has 17 heavy (non-hydrogen) atoms. The van der Waals surface area contributed by atoms with Crippen LogP contribution in [-0.2, 0) is 4.79 Å². The Morgan fingerprint density at radius 3 is 2.65 bits per heavy atom. The van der Waals surface area contributed by atoms with Gasteiger partial charge in [-0.25, -0.2) is 9.97 Å². The maximum Gasteiger partial charge on any atom is 0.223 e. The molecule has 1 heterocycles. The maximum absolute atomic E-state index is 11.5. The summed E-state index contributed by atoms with van der Waals surface area (Å²) in [5, 5.41) is 0.496. The Labute approximate surface area is 106 Å². The topological polar surface area (TPSA) is 49.3 Å². The minimum absolute atomic E-state index is 0.0822. The summed E-state index contributed by atoms with van der Waals surface area (Å²) >= 11 is 6.01. The molecule has 0 aliphatic carbocycles. The molecule has 1 aromatic heterocycles. The van der Waals surface area contributed by atoms with Gasteiger partial charge in [-0.05, 0) is 6.92 Å². The predicted octanol–water partition coefficient (Wildman–Crippen LogP) is 1.35. The lowest BCUT2D eigenvalue weighted by atomic mass is 10.3. The number of halogens is 1. The van der Waals surface area contributed by atoms with E-state index in [9.17, 15) is 4.79 Å². The van der Waals surface area contributed by atoms with Crippen LogP contribution in [0.5, 0.6) is 0 Å². The lowest BCUT2D eigenvalue weighted by molar-refractivity contribution is -0.128. The molecule has 0 saturated heterocycles. The summed E-state index contributed by atoms with van der Waals surface area (Å²) in [6.07, 6.45) is 2.01. The summed E-state index contributed by atoms with van der Waals surface area (Å²) < 4.78 is 0. The second-order valence-corrected chi connectivity index (χ2v) is 4.46. The lowest BCUT2D eigenvalue weighted by Gasteiger charge is -2.20. The second kappa shape index (κ2) is 5.82. The maximum atomic E-state index is 11.5. The molecule has 0 atom stereocenters. The van der Waals surface area contributed by atoms with E-state index in [0.717, 1.165) is 0 Å². The van der Waals surface area contributed by atoms with Gasteiger partial charge in [-0.3, -0.25) is 4.79 Å². The summed E-state index contributed by atoms with van der Waals surface area (Å²) in [5.41, 5.74) is 0.